The van der Waals surface area contributed by atoms with Crippen LogP contribution >= 0.6 is 0 Å². The van der Waals surface area contributed by atoms with Crippen LogP contribution in [0.2, 0.25) is 0 Å². The SMILES string of the molecule is O=C(O)C(O)C(O)C(=O)O.O=C(O)C(O)C(O)C(=O)O.O=C(O)C(O)C(O)C(=O)O.O=C([O-])CC(O)(CC(=O)[O-])C(=O)[O-].[Na+].[Na+].[Na+]. The molecule has 0 saturated heterocycles. The van der Waals surface area contributed by atoms with Crippen molar-refractivity contribution in [3.8, 4) is 0 Å². The molecule has 6 atom stereocenters. The molecule has 13 N–H and O–H groups in total. The van der Waals surface area contributed by atoms with Crippen molar-refractivity contribution in [2.75, 3.05) is 0 Å². The molecule has 0 saturated carbocycles. The maximum Gasteiger partial charge on any atom is 1.00 e. The summed E-state index contributed by atoms with van der Waals surface area (Å²) < 4.78 is 0. The van der Waals surface area contributed by atoms with E-state index in [1.165, 1.54) is 0 Å². The first kappa shape index (κ1) is 59.4. The third-order valence-corrected chi connectivity index (χ3v) is 3.67. The Kier molecular flexibility index (Phi) is 37.6. The maximum absolute atomic E-state index is 10.1. The molecular formula is C18H23Na3O25. The van der Waals surface area contributed by atoms with Gasteiger partial charge in [-0.1, -0.05) is 0 Å². The second-order valence-corrected chi connectivity index (χ2v) is 7.12. The molecule has 0 aromatic heterocycles. The molecule has 0 aliphatic heterocycles. The van der Waals surface area contributed by atoms with E-state index >= 15 is 0 Å². The van der Waals surface area contributed by atoms with Crippen molar-refractivity contribution < 1.29 is 214 Å². The largest absolute Gasteiger partial charge is 1.00 e. The van der Waals surface area contributed by atoms with Gasteiger partial charge in [-0.25, -0.2) is 28.8 Å². The Labute approximate surface area is 319 Å². The van der Waals surface area contributed by atoms with E-state index in [1.807, 2.05) is 0 Å². The van der Waals surface area contributed by atoms with Crippen molar-refractivity contribution in [1.82, 2.24) is 0 Å². The Bertz CT molecular complexity index is 876. The number of hydrogen-bond acceptors (Lipinski definition) is 19. The molecule has 0 amide bonds. The van der Waals surface area contributed by atoms with Gasteiger partial charge >= 0.3 is 124 Å². The predicted octanol–water partition coefficient (Wildman–Crippen LogP) is -20.6. The van der Waals surface area contributed by atoms with Crippen molar-refractivity contribution in [2.24, 2.45) is 0 Å². The monoisotopic (exact) mass is 708 g/mol. The number of carbonyl (C=O) groups excluding carboxylic acids is 3. The first-order valence-corrected chi connectivity index (χ1v) is 9.96. The zero-order chi connectivity index (χ0) is 35.6. The molecule has 6 unspecified atom stereocenters. The van der Waals surface area contributed by atoms with Gasteiger partial charge in [0, 0.05) is 24.8 Å². The van der Waals surface area contributed by atoms with Gasteiger partial charge in [-0.3, -0.25) is 0 Å². The number of rotatable bonds is 14. The number of aliphatic hydroxyl groups excluding tert-OH is 6. The van der Waals surface area contributed by atoms with E-state index in [4.69, 9.17) is 66.4 Å². The van der Waals surface area contributed by atoms with Gasteiger partial charge in [0.15, 0.2) is 36.6 Å². The van der Waals surface area contributed by atoms with Crippen molar-refractivity contribution in [3.63, 3.8) is 0 Å². The Morgan fingerprint density at radius 2 is 0.543 bits per heavy atom. The quantitative estimate of drug-likeness (QED) is 0.0745. The second-order valence-electron chi connectivity index (χ2n) is 7.12. The zero-order valence-corrected chi connectivity index (χ0v) is 29.6. The summed E-state index contributed by atoms with van der Waals surface area (Å²) in [6, 6.07) is 0. The summed E-state index contributed by atoms with van der Waals surface area (Å²) in [6.07, 6.45) is -16.3. The fourth-order valence-electron chi connectivity index (χ4n) is 1.49. The minimum atomic E-state index is -2.97. The molecule has 46 heavy (non-hydrogen) atoms. The van der Waals surface area contributed by atoms with Crippen LogP contribution in [0.15, 0.2) is 0 Å². The van der Waals surface area contributed by atoms with Crippen LogP contribution < -0.4 is 104 Å². The molecule has 0 aromatic rings. The van der Waals surface area contributed by atoms with Gasteiger partial charge in [-0.05, 0) is 0 Å². The smallest absolute Gasteiger partial charge is 0.550 e. The van der Waals surface area contributed by atoms with Gasteiger partial charge in [0.2, 0.25) is 0 Å². The van der Waals surface area contributed by atoms with Gasteiger partial charge in [0.25, 0.3) is 0 Å². The third-order valence-electron chi connectivity index (χ3n) is 3.67. The Hall–Kier alpha value is -2.05. The van der Waals surface area contributed by atoms with Crippen LogP contribution in [0.25, 0.3) is 0 Å². The number of aliphatic hydroxyl groups is 7. The van der Waals surface area contributed by atoms with Gasteiger partial charge in [0.1, 0.15) is 5.60 Å². The first-order valence-electron chi connectivity index (χ1n) is 9.96. The molecule has 0 aliphatic carbocycles. The van der Waals surface area contributed by atoms with Crippen molar-refractivity contribution in [1.29, 1.82) is 0 Å². The normalized spacial score (nSPS) is 13.4. The van der Waals surface area contributed by atoms with Crippen molar-refractivity contribution in [3.05, 3.63) is 0 Å². The Morgan fingerprint density at radius 1 is 0.413 bits per heavy atom. The molecule has 0 rings (SSSR count). The van der Waals surface area contributed by atoms with Crippen molar-refractivity contribution in [2.45, 2.75) is 55.1 Å². The molecular weight excluding hydrogens is 685 g/mol. The van der Waals surface area contributed by atoms with Crippen LogP contribution in [-0.4, -0.2) is 162 Å². The summed E-state index contributed by atoms with van der Waals surface area (Å²) in [5.41, 5.74) is -2.97. The average molecular weight is 708 g/mol. The standard InChI is InChI=1S/C6H8O7.3C4H6O6.3Na/c7-3(8)1-6(13,5(11)12)2-4(9)10;3*5-1(3(7)8)2(6)4(9)10;;;/h13H,1-2H2,(H,7,8)(H,9,10)(H,11,12);3*1-2,5-6H,(H,7,8)(H,9,10);;;/q;;;;3*+1/p-3. The molecule has 28 heteroatoms. The van der Waals surface area contributed by atoms with Gasteiger partial charge in [0.05, 0.1) is 5.97 Å². The third kappa shape index (κ3) is 28.2. The fourth-order valence-corrected chi connectivity index (χ4v) is 1.49. The topological polar surface area (TPSA) is 486 Å². The second kappa shape index (κ2) is 29.1. The molecule has 0 aliphatic rings. The molecule has 248 valence electrons. The number of carbonyl (C=O) groups is 9. The predicted molar refractivity (Wildman–Crippen MR) is 111 cm³/mol. The molecule has 0 aromatic carbocycles. The minimum Gasteiger partial charge on any atom is -0.550 e. The van der Waals surface area contributed by atoms with E-state index in [0.29, 0.717) is 0 Å². The van der Waals surface area contributed by atoms with Crippen molar-refractivity contribution >= 4 is 53.7 Å². The number of carboxylic acids is 9. The molecule has 0 spiro atoms. The Morgan fingerprint density at radius 3 is 0.609 bits per heavy atom. The molecule has 0 fully saturated rings. The van der Waals surface area contributed by atoms with Gasteiger partial charge < -0.3 is 96.1 Å². The van der Waals surface area contributed by atoms with Crippen LogP contribution in [0.5, 0.6) is 0 Å². The summed E-state index contributed by atoms with van der Waals surface area (Å²) in [6.45, 7) is 0. The van der Waals surface area contributed by atoms with Gasteiger partial charge in [-0.15, -0.1) is 0 Å². The summed E-state index contributed by atoms with van der Waals surface area (Å²) in [5, 5.41) is 137. The average Bonchev–Trinajstić information content (AvgIpc) is 2.85. The summed E-state index contributed by atoms with van der Waals surface area (Å²) in [7, 11) is 0. The van der Waals surface area contributed by atoms with Crippen LogP contribution in [0.1, 0.15) is 12.8 Å². The van der Waals surface area contributed by atoms with Gasteiger partial charge in [-0.2, -0.15) is 0 Å². The summed E-state index contributed by atoms with van der Waals surface area (Å²) >= 11 is 0. The summed E-state index contributed by atoms with van der Waals surface area (Å²) in [4.78, 5) is 88.6. The van der Waals surface area contributed by atoms with E-state index in [-0.39, 0.29) is 88.7 Å². The zero-order valence-electron chi connectivity index (χ0n) is 23.6. The number of hydrogen-bond donors (Lipinski definition) is 13. The molecule has 0 radical (unpaired) electrons. The number of aliphatic carboxylic acids is 9. The molecule has 0 bridgehead atoms. The van der Waals surface area contributed by atoms with E-state index < -0.39 is 109 Å². The van der Waals surface area contributed by atoms with Crippen LogP contribution in [0.4, 0.5) is 0 Å². The van der Waals surface area contributed by atoms with Crippen LogP contribution in [-0.2, 0) is 43.2 Å². The van der Waals surface area contributed by atoms with E-state index in [9.17, 15) is 58.5 Å². The Balaban J connectivity index is -0.0000000869. The van der Waals surface area contributed by atoms with Crippen LogP contribution in [0.3, 0.4) is 0 Å². The first-order chi connectivity index (χ1) is 19.2. The van der Waals surface area contributed by atoms with Crippen LogP contribution in [0, 0.1) is 0 Å². The van der Waals surface area contributed by atoms with E-state index in [0.717, 1.165) is 0 Å². The maximum atomic E-state index is 10.1. The molecule has 25 nitrogen and oxygen atoms in total. The summed E-state index contributed by atoms with van der Waals surface area (Å²) in [5.74, 6) is -16.6. The minimum absolute atomic E-state index is 0. The molecule has 0 heterocycles. The van der Waals surface area contributed by atoms with E-state index in [2.05, 4.69) is 0 Å². The van der Waals surface area contributed by atoms with E-state index in [1.54, 1.807) is 0 Å². The fraction of sp³-hybridized carbons (Fsp3) is 0.500. The number of carboxylic acid groups (broad SMARTS) is 9.